The Balaban J connectivity index is 3.78. The highest BCUT2D eigenvalue weighted by atomic mass is 16.6. The van der Waals surface area contributed by atoms with E-state index in [0.29, 0.717) is 16.7 Å². The number of carbonyl (C=O) groups is 1. The molecular formula is C14H19NO3. The van der Waals surface area contributed by atoms with Crippen LogP contribution >= 0.6 is 0 Å². The van der Waals surface area contributed by atoms with E-state index in [2.05, 4.69) is 0 Å². The van der Waals surface area contributed by atoms with Gasteiger partial charge >= 0.3 is 0 Å². The van der Waals surface area contributed by atoms with Crippen LogP contribution in [0.2, 0.25) is 0 Å². The van der Waals surface area contributed by atoms with Crippen LogP contribution in [0, 0.1) is 24.0 Å². The summed E-state index contributed by atoms with van der Waals surface area (Å²) in [6.45, 7) is 10.7. The normalized spacial score (nSPS) is 11.4. The van der Waals surface area contributed by atoms with Gasteiger partial charge in [0.05, 0.1) is 4.92 Å². The van der Waals surface area contributed by atoms with E-state index in [-0.39, 0.29) is 21.8 Å². The number of hydrogen-bond acceptors (Lipinski definition) is 3. The van der Waals surface area contributed by atoms with Gasteiger partial charge in [0, 0.05) is 16.7 Å². The molecular weight excluding hydrogens is 230 g/mol. The second-order valence-electron chi connectivity index (χ2n) is 5.65. The molecule has 0 amide bonds. The van der Waals surface area contributed by atoms with Gasteiger partial charge in [0.1, 0.15) is 0 Å². The van der Waals surface area contributed by atoms with Crippen molar-refractivity contribution in [3.63, 3.8) is 0 Å². The number of Topliss-reactive ketones (excluding diaryl/α,β-unsaturated/α-hetero) is 1. The molecule has 0 unspecified atom stereocenters. The van der Waals surface area contributed by atoms with Gasteiger partial charge in [-0.25, -0.2) is 0 Å². The summed E-state index contributed by atoms with van der Waals surface area (Å²) in [4.78, 5) is 22.5. The van der Waals surface area contributed by atoms with E-state index in [1.165, 1.54) is 6.92 Å². The van der Waals surface area contributed by atoms with Gasteiger partial charge in [0.25, 0.3) is 5.69 Å². The Kier molecular flexibility index (Phi) is 3.60. The molecule has 1 aromatic carbocycles. The molecule has 0 aromatic heterocycles. The van der Waals surface area contributed by atoms with Gasteiger partial charge in [0.15, 0.2) is 5.78 Å². The lowest BCUT2D eigenvalue weighted by atomic mass is 9.81. The van der Waals surface area contributed by atoms with E-state index >= 15 is 0 Å². The number of ketones is 1. The molecule has 18 heavy (non-hydrogen) atoms. The minimum absolute atomic E-state index is 0.0679. The third kappa shape index (κ3) is 2.42. The summed E-state index contributed by atoms with van der Waals surface area (Å²) in [6.07, 6.45) is 0. The molecule has 4 heteroatoms. The van der Waals surface area contributed by atoms with Crippen molar-refractivity contribution in [3.8, 4) is 0 Å². The topological polar surface area (TPSA) is 60.2 Å². The van der Waals surface area contributed by atoms with Gasteiger partial charge in [-0.2, -0.15) is 0 Å². The molecule has 0 saturated heterocycles. The van der Waals surface area contributed by atoms with Gasteiger partial charge in [0.2, 0.25) is 0 Å². The molecule has 0 bridgehead atoms. The van der Waals surface area contributed by atoms with Gasteiger partial charge in [-0.1, -0.05) is 20.8 Å². The van der Waals surface area contributed by atoms with Crippen molar-refractivity contribution in [1.29, 1.82) is 0 Å². The second kappa shape index (κ2) is 4.52. The highest BCUT2D eigenvalue weighted by Crippen LogP contribution is 2.36. The first-order valence-corrected chi connectivity index (χ1v) is 5.87. The van der Waals surface area contributed by atoms with Crippen LogP contribution in [0.5, 0.6) is 0 Å². The molecule has 4 nitrogen and oxygen atoms in total. The zero-order chi connectivity index (χ0) is 14.2. The van der Waals surface area contributed by atoms with Crippen molar-refractivity contribution in [3.05, 3.63) is 38.4 Å². The predicted molar refractivity (Wildman–Crippen MR) is 71.3 cm³/mol. The highest BCUT2D eigenvalue weighted by Gasteiger charge is 2.30. The maximum Gasteiger partial charge on any atom is 0.276 e. The third-order valence-corrected chi connectivity index (χ3v) is 3.08. The standard InChI is InChI=1S/C14H19NO3/c1-8-7-11(14(4,5)6)13(15(17)18)9(2)12(8)10(3)16/h7H,1-6H3. The van der Waals surface area contributed by atoms with E-state index < -0.39 is 0 Å². The van der Waals surface area contributed by atoms with Crippen LogP contribution < -0.4 is 0 Å². The molecule has 0 saturated carbocycles. The molecule has 0 fully saturated rings. The SMILES string of the molecule is CC(=O)c1c(C)cc(C(C)(C)C)c([N+](=O)[O-])c1C. The van der Waals surface area contributed by atoms with Crippen LogP contribution in [-0.2, 0) is 5.41 Å². The first-order valence-electron chi connectivity index (χ1n) is 5.87. The summed E-state index contributed by atoms with van der Waals surface area (Å²) >= 11 is 0. The van der Waals surface area contributed by atoms with Crippen LogP contribution in [-0.4, -0.2) is 10.7 Å². The summed E-state index contributed by atoms with van der Waals surface area (Å²) < 4.78 is 0. The van der Waals surface area contributed by atoms with Gasteiger partial charge in [-0.15, -0.1) is 0 Å². The van der Waals surface area contributed by atoms with E-state index in [4.69, 9.17) is 0 Å². The van der Waals surface area contributed by atoms with Crippen LogP contribution in [0.4, 0.5) is 5.69 Å². The Morgan fingerprint density at radius 3 is 2.11 bits per heavy atom. The zero-order valence-electron chi connectivity index (χ0n) is 11.7. The van der Waals surface area contributed by atoms with Crippen molar-refractivity contribution < 1.29 is 9.72 Å². The van der Waals surface area contributed by atoms with E-state index in [9.17, 15) is 14.9 Å². The van der Waals surface area contributed by atoms with Crippen LogP contribution in [0.25, 0.3) is 0 Å². The average molecular weight is 249 g/mol. The predicted octanol–water partition coefficient (Wildman–Crippen LogP) is 3.71. The van der Waals surface area contributed by atoms with Crippen molar-refractivity contribution in [2.24, 2.45) is 0 Å². The van der Waals surface area contributed by atoms with Gasteiger partial charge < -0.3 is 0 Å². The number of benzene rings is 1. The summed E-state index contributed by atoms with van der Waals surface area (Å²) in [5.74, 6) is -0.131. The lowest BCUT2D eigenvalue weighted by Crippen LogP contribution is -2.17. The molecule has 0 aliphatic heterocycles. The first-order chi connectivity index (χ1) is 8.07. The fraction of sp³-hybridized carbons (Fsp3) is 0.500. The number of carbonyl (C=O) groups excluding carboxylic acids is 1. The largest absolute Gasteiger partial charge is 0.294 e. The molecule has 0 radical (unpaired) electrons. The van der Waals surface area contributed by atoms with Crippen molar-refractivity contribution in [1.82, 2.24) is 0 Å². The molecule has 98 valence electrons. The highest BCUT2D eigenvalue weighted by molar-refractivity contribution is 5.98. The van der Waals surface area contributed by atoms with Crippen LogP contribution in [0.1, 0.15) is 54.7 Å². The van der Waals surface area contributed by atoms with E-state index in [1.807, 2.05) is 27.7 Å². The summed E-state index contributed by atoms with van der Waals surface area (Å²) in [5.41, 5.74) is 2.15. The number of aryl methyl sites for hydroxylation is 1. The van der Waals surface area contributed by atoms with Crippen molar-refractivity contribution >= 4 is 11.5 Å². The molecule has 0 aliphatic carbocycles. The number of nitro groups is 1. The monoisotopic (exact) mass is 249 g/mol. The third-order valence-electron chi connectivity index (χ3n) is 3.08. The fourth-order valence-corrected chi connectivity index (χ4v) is 2.32. The Bertz CT molecular complexity index is 525. The Morgan fingerprint density at radius 2 is 1.78 bits per heavy atom. The quantitative estimate of drug-likeness (QED) is 0.456. The minimum atomic E-state index is -0.387. The molecule has 0 heterocycles. The number of rotatable bonds is 2. The second-order valence-corrected chi connectivity index (χ2v) is 5.65. The van der Waals surface area contributed by atoms with Gasteiger partial charge in [-0.3, -0.25) is 14.9 Å². The van der Waals surface area contributed by atoms with Crippen LogP contribution in [0.3, 0.4) is 0 Å². The van der Waals surface area contributed by atoms with Crippen molar-refractivity contribution in [2.45, 2.75) is 47.0 Å². The number of hydrogen-bond donors (Lipinski definition) is 0. The maximum absolute atomic E-state index is 11.6. The summed E-state index contributed by atoms with van der Waals surface area (Å²) in [5, 5.41) is 11.3. The Hall–Kier alpha value is -1.71. The lowest BCUT2D eigenvalue weighted by Gasteiger charge is -2.22. The summed E-state index contributed by atoms with van der Waals surface area (Å²) in [6, 6.07) is 1.77. The van der Waals surface area contributed by atoms with Crippen molar-refractivity contribution in [2.75, 3.05) is 0 Å². The van der Waals surface area contributed by atoms with E-state index in [1.54, 1.807) is 13.0 Å². The maximum atomic E-state index is 11.6. The zero-order valence-corrected chi connectivity index (χ0v) is 11.7. The smallest absolute Gasteiger partial charge is 0.276 e. The molecule has 1 rings (SSSR count). The first kappa shape index (κ1) is 14.4. The molecule has 0 spiro atoms. The van der Waals surface area contributed by atoms with E-state index in [0.717, 1.165) is 5.56 Å². The number of nitrogens with zero attached hydrogens (tertiary/aromatic N) is 1. The van der Waals surface area contributed by atoms with Gasteiger partial charge in [-0.05, 0) is 37.8 Å². The molecule has 0 aliphatic rings. The summed E-state index contributed by atoms with van der Waals surface area (Å²) in [7, 11) is 0. The lowest BCUT2D eigenvalue weighted by molar-refractivity contribution is -0.386. The number of nitro benzene ring substituents is 1. The minimum Gasteiger partial charge on any atom is -0.294 e. The molecule has 1 aromatic rings. The Morgan fingerprint density at radius 1 is 1.28 bits per heavy atom. The molecule has 0 N–H and O–H groups in total. The van der Waals surface area contributed by atoms with Crippen LogP contribution in [0.15, 0.2) is 6.07 Å². The Labute approximate surface area is 107 Å². The average Bonchev–Trinajstić information content (AvgIpc) is 2.13. The molecule has 0 atom stereocenters. The fourth-order valence-electron chi connectivity index (χ4n) is 2.32.